The van der Waals surface area contributed by atoms with Gasteiger partial charge in [-0.3, -0.25) is 0 Å². The van der Waals surface area contributed by atoms with Crippen LogP contribution < -0.4 is 14.2 Å². The second kappa shape index (κ2) is 7.75. The van der Waals surface area contributed by atoms with Crippen LogP contribution in [0.3, 0.4) is 0 Å². The molecule has 0 saturated heterocycles. The number of rotatable bonds is 7. The molecule has 0 spiro atoms. The monoisotopic (exact) mass is 321 g/mol. The van der Waals surface area contributed by atoms with E-state index in [1.165, 1.54) is 0 Å². The summed E-state index contributed by atoms with van der Waals surface area (Å²) in [6.07, 6.45) is 5.11. The molecule has 0 aliphatic heterocycles. The van der Waals surface area contributed by atoms with Crippen LogP contribution in [0, 0.1) is 12.3 Å². The maximum atomic E-state index is 5.72. The highest BCUT2D eigenvalue weighted by Crippen LogP contribution is 2.24. The molecule has 0 fully saturated rings. The molecule has 120 valence electrons. The lowest BCUT2D eigenvalue weighted by Crippen LogP contribution is -1.94. The topological polar surface area (TPSA) is 53.7 Å². The molecule has 0 atom stereocenters. The van der Waals surface area contributed by atoms with Crippen molar-refractivity contribution in [2.24, 2.45) is 0 Å². The van der Waals surface area contributed by atoms with Crippen LogP contribution in [0.25, 0.3) is 0 Å². The first kappa shape index (κ1) is 15.5. The SMILES string of the molecule is C#CCOc1cc(COc2ccc(Oc3ccccc3)cc2)on1. The summed E-state index contributed by atoms with van der Waals surface area (Å²) in [5, 5.41) is 3.73. The van der Waals surface area contributed by atoms with Crippen molar-refractivity contribution in [3.05, 3.63) is 66.4 Å². The molecular weight excluding hydrogens is 306 g/mol. The molecule has 5 nitrogen and oxygen atoms in total. The Hall–Kier alpha value is -3.39. The van der Waals surface area contributed by atoms with Gasteiger partial charge in [0.25, 0.3) is 5.88 Å². The van der Waals surface area contributed by atoms with Crippen LogP contribution >= 0.6 is 0 Å². The number of hydrogen-bond acceptors (Lipinski definition) is 5. The molecule has 0 unspecified atom stereocenters. The van der Waals surface area contributed by atoms with Gasteiger partial charge < -0.3 is 18.7 Å². The number of benzene rings is 2. The molecule has 3 rings (SSSR count). The second-order valence-corrected chi connectivity index (χ2v) is 4.80. The molecule has 0 amide bonds. The number of nitrogens with zero attached hydrogens (tertiary/aromatic N) is 1. The second-order valence-electron chi connectivity index (χ2n) is 4.80. The molecule has 1 heterocycles. The molecule has 0 aliphatic rings. The van der Waals surface area contributed by atoms with Crippen LogP contribution in [-0.4, -0.2) is 11.8 Å². The van der Waals surface area contributed by atoms with Crippen LogP contribution in [0.1, 0.15) is 5.76 Å². The zero-order valence-corrected chi connectivity index (χ0v) is 12.8. The van der Waals surface area contributed by atoms with Gasteiger partial charge in [-0.1, -0.05) is 24.1 Å². The Morgan fingerprint density at radius 2 is 1.62 bits per heavy atom. The van der Waals surface area contributed by atoms with Crippen LogP contribution in [-0.2, 0) is 6.61 Å². The van der Waals surface area contributed by atoms with E-state index in [1.807, 2.05) is 54.6 Å². The zero-order chi connectivity index (χ0) is 16.6. The van der Waals surface area contributed by atoms with Gasteiger partial charge >= 0.3 is 0 Å². The van der Waals surface area contributed by atoms with E-state index in [9.17, 15) is 0 Å². The number of hydrogen-bond donors (Lipinski definition) is 0. The average molecular weight is 321 g/mol. The van der Waals surface area contributed by atoms with Gasteiger partial charge in [0.1, 0.15) is 23.9 Å². The first-order valence-electron chi connectivity index (χ1n) is 7.31. The Morgan fingerprint density at radius 1 is 0.917 bits per heavy atom. The van der Waals surface area contributed by atoms with Crippen molar-refractivity contribution in [1.29, 1.82) is 0 Å². The quantitative estimate of drug-likeness (QED) is 0.614. The van der Waals surface area contributed by atoms with E-state index in [2.05, 4.69) is 11.1 Å². The summed E-state index contributed by atoms with van der Waals surface area (Å²) in [5.74, 6) is 5.46. The Morgan fingerprint density at radius 3 is 2.38 bits per heavy atom. The van der Waals surface area contributed by atoms with E-state index in [4.69, 9.17) is 25.2 Å². The Balaban J connectivity index is 1.53. The summed E-state index contributed by atoms with van der Waals surface area (Å²) in [5.41, 5.74) is 0. The lowest BCUT2D eigenvalue weighted by molar-refractivity contribution is 0.242. The highest BCUT2D eigenvalue weighted by atomic mass is 16.5. The third-order valence-electron chi connectivity index (χ3n) is 3.02. The number of ether oxygens (including phenoxy) is 3. The van der Waals surface area contributed by atoms with Crippen LogP contribution in [0.4, 0.5) is 0 Å². The lowest BCUT2D eigenvalue weighted by atomic mass is 10.3. The number of aromatic nitrogens is 1. The van der Waals surface area contributed by atoms with E-state index >= 15 is 0 Å². The molecule has 5 heteroatoms. The third-order valence-corrected chi connectivity index (χ3v) is 3.02. The maximum absolute atomic E-state index is 5.72. The predicted molar refractivity (Wildman–Crippen MR) is 88.1 cm³/mol. The van der Waals surface area contributed by atoms with Crippen LogP contribution in [0.15, 0.2) is 65.2 Å². The standard InChI is InChI=1S/C19H15NO4/c1-2-12-21-19-13-18(24-20-19)14-22-15-8-10-17(11-9-15)23-16-6-4-3-5-7-16/h1,3-11,13H,12,14H2. The van der Waals surface area contributed by atoms with E-state index in [0.29, 0.717) is 17.4 Å². The maximum Gasteiger partial charge on any atom is 0.255 e. The highest BCUT2D eigenvalue weighted by Gasteiger charge is 2.06. The largest absolute Gasteiger partial charge is 0.486 e. The Kier molecular flexibility index (Phi) is 5.00. The van der Waals surface area contributed by atoms with Gasteiger partial charge in [-0.2, -0.15) is 0 Å². The summed E-state index contributed by atoms with van der Waals surface area (Å²) in [4.78, 5) is 0. The minimum Gasteiger partial charge on any atom is -0.486 e. The van der Waals surface area contributed by atoms with Gasteiger partial charge in [0.2, 0.25) is 0 Å². The van der Waals surface area contributed by atoms with E-state index < -0.39 is 0 Å². The number of terminal acetylenes is 1. The van der Waals surface area contributed by atoms with Crippen molar-refractivity contribution in [3.63, 3.8) is 0 Å². The molecule has 0 radical (unpaired) electrons. The van der Waals surface area contributed by atoms with Crippen molar-refractivity contribution in [1.82, 2.24) is 5.16 Å². The highest BCUT2D eigenvalue weighted by molar-refractivity contribution is 5.35. The fourth-order valence-corrected chi connectivity index (χ4v) is 1.93. The van der Waals surface area contributed by atoms with Crippen molar-refractivity contribution in [2.45, 2.75) is 6.61 Å². The molecular formula is C19H15NO4. The summed E-state index contributed by atoms with van der Waals surface area (Å²) >= 11 is 0. The molecule has 0 saturated carbocycles. The van der Waals surface area contributed by atoms with Gasteiger partial charge in [-0.05, 0) is 41.6 Å². The molecule has 1 aromatic heterocycles. The third kappa shape index (κ3) is 4.31. The van der Waals surface area contributed by atoms with Gasteiger partial charge in [0, 0.05) is 6.07 Å². The molecule has 2 aromatic carbocycles. The lowest BCUT2D eigenvalue weighted by Gasteiger charge is -2.07. The first-order valence-corrected chi connectivity index (χ1v) is 7.31. The smallest absolute Gasteiger partial charge is 0.255 e. The van der Waals surface area contributed by atoms with Crippen LogP contribution in [0.5, 0.6) is 23.1 Å². The number of para-hydroxylation sites is 1. The minimum atomic E-state index is 0.149. The summed E-state index contributed by atoms with van der Waals surface area (Å²) in [6, 6.07) is 18.5. The van der Waals surface area contributed by atoms with Crippen molar-refractivity contribution in [3.8, 4) is 35.5 Å². The fraction of sp³-hybridized carbons (Fsp3) is 0.105. The Labute approximate surface area is 139 Å². The van der Waals surface area contributed by atoms with Crippen molar-refractivity contribution in [2.75, 3.05) is 6.61 Å². The van der Waals surface area contributed by atoms with Gasteiger partial charge in [-0.25, -0.2) is 0 Å². The average Bonchev–Trinajstić information content (AvgIpc) is 3.08. The van der Waals surface area contributed by atoms with Gasteiger partial charge in [-0.15, -0.1) is 6.42 Å². The van der Waals surface area contributed by atoms with Crippen LogP contribution in [0.2, 0.25) is 0 Å². The molecule has 0 aliphatic carbocycles. The van der Waals surface area contributed by atoms with E-state index in [1.54, 1.807) is 6.07 Å². The normalized spacial score (nSPS) is 9.96. The minimum absolute atomic E-state index is 0.149. The van der Waals surface area contributed by atoms with Crippen molar-refractivity contribution >= 4 is 0 Å². The molecule has 3 aromatic rings. The molecule has 0 bridgehead atoms. The summed E-state index contributed by atoms with van der Waals surface area (Å²) in [6.45, 7) is 0.390. The Bertz CT molecular complexity index is 803. The van der Waals surface area contributed by atoms with E-state index in [0.717, 1.165) is 11.5 Å². The summed E-state index contributed by atoms with van der Waals surface area (Å²) in [7, 11) is 0. The molecule has 24 heavy (non-hydrogen) atoms. The van der Waals surface area contributed by atoms with E-state index in [-0.39, 0.29) is 13.2 Å². The first-order chi connectivity index (χ1) is 11.8. The fourth-order valence-electron chi connectivity index (χ4n) is 1.93. The summed E-state index contributed by atoms with van der Waals surface area (Å²) < 4.78 is 21.6. The van der Waals surface area contributed by atoms with Gasteiger partial charge in [0.15, 0.2) is 12.4 Å². The zero-order valence-electron chi connectivity index (χ0n) is 12.8. The molecule has 0 N–H and O–H groups in total. The van der Waals surface area contributed by atoms with Crippen molar-refractivity contribution < 1.29 is 18.7 Å². The predicted octanol–water partition coefficient (Wildman–Crippen LogP) is 4.06. The van der Waals surface area contributed by atoms with Gasteiger partial charge in [0.05, 0.1) is 0 Å².